The summed E-state index contributed by atoms with van der Waals surface area (Å²) in [6.45, 7) is 2.47. The second-order valence-corrected chi connectivity index (χ2v) is 5.23. The van der Waals surface area contributed by atoms with Crippen LogP contribution in [0.5, 0.6) is 0 Å². The fraction of sp³-hybridized carbons (Fsp3) is 0.500. The Balaban J connectivity index is 2.23. The van der Waals surface area contributed by atoms with Crippen molar-refractivity contribution in [2.45, 2.75) is 17.7 Å². The number of nitrogens with two attached hydrogens (primary N) is 1. The number of thioether (sulfide) groups is 1. The minimum atomic E-state index is -0.478. The van der Waals surface area contributed by atoms with E-state index in [0.29, 0.717) is 16.0 Å². The van der Waals surface area contributed by atoms with Crippen molar-refractivity contribution in [1.82, 2.24) is 20.8 Å². The van der Waals surface area contributed by atoms with Gasteiger partial charge in [0.15, 0.2) is 4.34 Å². The molecule has 0 saturated carbocycles. The monoisotopic (exact) mass is 275 g/mol. The van der Waals surface area contributed by atoms with Gasteiger partial charge < -0.3 is 11.1 Å². The van der Waals surface area contributed by atoms with Crippen LogP contribution >= 0.6 is 23.1 Å². The number of amides is 3. The Labute approximate surface area is 107 Å². The highest BCUT2D eigenvalue weighted by atomic mass is 32.2. The molecule has 0 unspecified atom stereocenters. The maximum atomic E-state index is 11.3. The van der Waals surface area contributed by atoms with E-state index in [2.05, 4.69) is 20.8 Å². The Morgan fingerprint density at radius 1 is 1.47 bits per heavy atom. The Hall–Kier alpha value is -1.35. The normalized spacial score (nSPS) is 9.94. The number of hydrogen-bond donors (Lipinski definition) is 3. The lowest BCUT2D eigenvalue weighted by Gasteiger charge is -2.04. The van der Waals surface area contributed by atoms with Gasteiger partial charge in [0.05, 0.1) is 5.75 Å². The lowest BCUT2D eigenvalue weighted by atomic mass is 10.5. The van der Waals surface area contributed by atoms with Crippen LogP contribution in [-0.2, 0) is 4.79 Å². The van der Waals surface area contributed by atoms with E-state index in [9.17, 15) is 9.59 Å². The molecular formula is C8H13N5O2S2. The van der Waals surface area contributed by atoms with Crippen molar-refractivity contribution in [2.24, 2.45) is 0 Å². The number of carbonyl (C=O) groups is 2. The SMILES string of the molecule is CCCNC(=O)NC(=O)CSc1nnc(N)s1. The van der Waals surface area contributed by atoms with Crippen molar-refractivity contribution in [3.63, 3.8) is 0 Å². The molecule has 0 radical (unpaired) electrons. The van der Waals surface area contributed by atoms with E-state index in [-0.39, 0.29) is 11.7 Å². The zero-order valence-electron chi connectivity index (χ0n) is 9.23. The zero-order valence-corrected chi connectivity index (χ0v) is 10.9. The molecule has 94 valence electrons. The van der Waals surface area contributed by atoms with Crippen LogP contribution in [0.4, 0.5) is 9.93 Å². The number of carbonyl (C=O) groups excluding carboxylic acids is 2. The molecule has 3 amide bonds. The number of urea groups is 1. The highest BCUT2D eigenvalue weighted by molar-refractivity contribution is 8.01. The lowest BCUT2D eigenvalue weighted by molar-refractivity contribution is -0.117. The van der Waals surface area contributed by atoms with Gasteiger partial charge in [-0.05, 0) is 6.42 Å². The van der Waals surface area contributed by atoms with E-state index < -0.39 is 6.03 Å². The molecule has 0 fully saturated rings. The van der Waals surface area contributed by atoms with Gasteiger partial charge in [0.1, 0.15) is 0 Å². The number of hydrogen-bond acceptors (Lipinski definition) is 7. The molecule has 0 atom stereocenters. The molecule has 0 saturated heterocycles. The maximum absolute atomic E-state index is 11.3. The van der Waals surface area contributed by atoms with E-state index >= 15 is 0 Å². The molecule has 0 aliphatic carbocycles. The van der Waals surface area contributed by atoms with Crippen molar-refractivity contribution in [3.05, 3.63) is 0 Å². The number of aromatic nitrogens is 2. The second-order valence-electron chi connectivity index (χ2n) is 3.00. The van der Waals surface area contributed by atoms with E-state index in [1.54, 1.807) is 0 Å². The summed E-state index contributed by atoms with van der Waals surface area (Å²) in [7, 11) is 0. The van der Waals surface area contributed by atoms with Gasteiger partial charge in [0.25, 0.3) is 0 Å². The van der Waals surface area contributed by atoms with Gasteiger partial charge in [-0.3, -0.25) is 10.1 Å². The van der Waals surface area contributed by atoms with Crippen molar-refractivity contribution >= 4 is 40.2 Å². The van der Waals surface area contributed by atoms with Crippen LogP contribution < -0.4 is 16.4 Å². The first-order chi connectivity index (χ1) is 8.11. The smallest absolute Gasteiger partial charge is 0.321 e. The van der Waals surface area contributed by atoms with Crippen LogP contribution in [0.2, 0.25) is 0 Å². The fourth-order valence-corrected chi connectivity index (χ4v) is 2.29. The zero-order chi connectivity index (χ0) is 12.7. The first-order valence-corrected chi connectivity index (χ1v) is 6.71. The third-order valence-electron chi connectivity index (χ3n) is 1.54. The molecule has 7 nitrogen and oxygen atoms in total. The van der Waals surface area contributed by atoms with Crippen LogP contribution in [0.15, 0.2) is 4.34 Å². The van der Waals surface area contributed by atoms with E-state index in [1.807, 2.05) is 6.92 Å². The Kier molecular flexibility index (Phi) is 5.70. The molecule has 4 N–H and O–H groups in total. The maximum Gasteiger partial charge on any atom is 0.321 e. The summed E-state index contributed by atoms with van der Waals surface area (Å²) in [5.41, 5.74) is 5.39. The Bertz CT molecular complexity index is 395. The molecule has 0 aromatic carbocycles. The minimum absolute atomic E-state index is 0.105. The third-order valence-corrected chi connectivity index (χ3v) is 3.42. The first-order valence-electron chi connectivity index (χ1n) is 4.91. The predicted molar refractivity (Wildman–Crippen MR) is 66.9 cm³/mol. The van der Waals surface area contributed by atoms with Crippen molar-refractivity contribution in [2.75, 3.05) is 18.0 Å². The highest BCUT2D eigenvalue weighted by Gasteiger charge is 2.09. The Morgan fingerprint density at radius 2 is 2.24 bits per heavy atom. The third kappa shape index (κ3) is 5.50. The summed E-state index contributed by atoms with van der Waals surface area (Å²) in [6.07, 6.45) is 0.820. The van der Waals surface area contributed by atoms with Gasteiger partial charge in [-0.25, -0.2) is 4.79 Å². The number of rotatable bonds is 5. The Morgan fingerprint density at radius 3 is 2.82 bits per heavy atom. The number of nitrogens with zero attached hydrogens (tertiary/aromatic N) is 2. The molecule has 1 rings (SSSR count). The molecule has 9 heteroatoms. The fourth-order valence-electron chi connectivity index (χ4n) is 0.851. The van der Waals surface area contributed by atoms with Gasteiger partial charge in [-0.15, -0.1) is 10.2 Å². The summed E-state index contributed by atoms with van der Waals surface area (Å²) >= 11 is 2.39. The van der Waals surface area contributed by atoms with Crippen LogP contribution in [0.3, 0.4) is 0 Å². The molecule has 0 aliphatic heterocycles. The van der Waals surface area contributed by atoms with Crippen molar-refractivity contribution < 1.29 is 9.59 Å². The predicted octanol–water partition coefficient (Wildman–Crippen LogP) is 0.448. The van der Waals surface area contributed by atoms with Crippen molar-refractivity contribution in [3.8, 4) is 0 Å². The highest BCUT2D eigenvalue weighted by Crippen LogP contribution is 2.22. The summed E-state index contributed by atoms with van der Waals surface area (Å²) < 4.78 is 0.603. The van der Waals surface area contributed by atoms with Gasteiger partial charge in [-0.2, -0.15) is 0 Å². The number of anilines is 1. The first kappa shape index (κ1) is 13.7. The second kappa shape index (κ2) is 7.07. The number of nitrogens with one attached hydrogen (secondary N) is 2. The molecule has 0 spiro atoms. The van der Waals surface area contributed by atoms with Gasteiger partial charge in [0.2, 0.25) is 11.0 Å². The largest absolute Gasteiger partial charge is 0.374 e. The average Bonchev–Trinajstić information content (AvgIpc) is 2.70. The summed E-state index contributed by atoms with van der Waals surface area (Å²) in [5, 5.41) is 12.5. The molecule has 0 bridgehead atoms. The van der Waals surface area contributed by atoms with Crippen molar-refractivity contribution in [1.29, 1.82) is 0 Å². The van der Waals surface area contributed by atoms with Crippen LogP contribution in [0, 0.1) is 0 Å². The lowest BCUT2D eigenvalue weighted by Crippen LogP contribution is -2.40. The van der Waals surface area contributed by atoms with Crippen LogP contribution in [-0.4, -0.2) is 34.4 Å². The van der Waals surface area contributed by atoms with Crippen LogP contribution in [0.1, 0.15) is 13.3 Å². The van der Waals surface area contributed by atoms with Gasteiger partial charge >= 0.3 is 6.03 Å². The summed E-state index contributed by atoms with van der Waals surface area (Å²) in [5.74, 6) is -0.272. The molecule has 1 aromatic heterocycles. The van der Waals surface area contributed by atoms with Crippen LogP contribution in [0.25, 0.3) is 0 Å². The molecule has 17 heavy (non-hydrogen) atoms. The summed E-state index contributed by atoms with van der Waals surface area (Å²) in [4.78, 5) is 22.5. The quantitative estimate of drug-likeness (QED) is 0.673. The number of imide groups is 1. The van der Waals surface area contributed by atoms with E-state index in [1.165, 1.54) is 23.1 Å². The summed E-state index contributed by atoms with van der Waals surface area (Å²) in [6, 6.07) is -0.478. The van der Waals surface area contributed by atoms with Gasteiger partial charge in [0, 0.05) is 6.54 Å². The molecule has 1 heterocycles. The average molecular weight is 275 g/mol. The molecular weight excluding hydrogens is 262 g/mol. The van der Waals surface area contributed by atoms with Gasteiger partial charge in [-0.1, -0.05) is 30.0 Å². The molecule has 0 aliphatic rings. The topological polar surface area (TPSA) is 110 Å². The standard InChI is InChI=1S/C8H13N5O2S2/c1-2-3-10-7(15)11-5(14)4-16-8-13-12-6(9)17-8/h2-4H2,1H3,(H2,9,12)(H2,10,11,14,15). The number of nitrogen functional groups attached to an aromatic ring is 1. The van der Waals surface area contributed by atoms with E-state index in [0.717, 1.165) is 6.42 Å². The van der Waals surface area contributed by atoms with E-state index in [4.69, 9.17) is 5.73 Å². The molecule has 1 aromatic rings. The minimum Gasteiger partial charge on any atom is -0.374 e.